The van der Waals surface area contributed by atoms with E-state index < -0.39 is 47.9 Å². The smallest absolute Gasteiger partial charge is 0.329 e. The number of thiazole rings is 1. The van der Waals surface area contributed by atoms with Gasteiger partial charge in [0, 0.05) is 17.9 Å². The molecule has 0 aliphatic carbocycles. The van der Waals surface area contributed by atoms with Crippen molar-refractivity contribution in [1.29, 1.82) is 0 Å². The molecule has 3 amide bonds. The van der Waals surface area contributed by atoms with Crippen LogP contribution in [0.4, 0.5) is 5.69 Å². The SMILES string of the molecule is C[C@H](N)C(=O)N[C@@H](C)C(=O)N[C@@H](Cc1ccccc1)C(=O)Nc1ccc2nc(C3=NC(C(=O)O)CS3)sc2c1. The molecule has 2 aromatic carbocycles. The number of rotatable bonds is 10. The Kier molecular flexibility index (Phi) is 8.94. The Morgan fingerprint density at radius 2 is 1.79 bits per heavy atom. The molecule has 0 fully saturated rings. The minimum atomic E-state index is -0.966. The second kappa shape index (κ2) is 12.4. The molecule has 6 N–H and O–H groups in total. The molecule has 204 valence electrons. The van der Waals surface area contributed by atoms with Crippen LogP contribution in [0.2, 0.25) is 0 Å². The Bertz CT molecular complexity index is 1420. The van der Waals surface area contributed by atoms with Crippen molar-refractivity contribution in [3.8, 4) is 0 Å². The van der Waals surface area contributed by atoms with Gasteiger partial charge >= 0.3 is 5.97 Å². The minimum Gasteiger partial charge on any atom is -0.480 e. The van der Waals surface area contributed by atoms with Gasteiger partial charge in [-0.25, -0.2) is 9.78 Å². The maximum absolute atomic E-state index is 13.3. The van der Waals surface area contributed by atoms with Gasteiger partial charge in [-0.05, 0) is 37.6 Å². The molecule has 1 aromatic heterocycles. The highest BCUT2D eigenvalue weighted by atomic mass is 32.2. The van der Waals surface area contributed by atoms with Crippen molar-refractivity contribution < 1.29 is 24.3 Å². The van der Waals surface area contributed by atoms with Gasteiger partial charge in [0.25, 0.3) is 0 Å². The fourth-order valence-electron chi connectivity index (χ4n) is 3.71. The summed E-state index contributed by atoms with van der Waals surface area (Å²) in [5.74, 6) is -2.02. The lowest BCUT2D eigenvalue weighted by molar-refractivity contribution is -0.137. The van der Waals surface area contributed by atoms with E-state index in [0.29, 0.717) is 27.0 Å². The van der Waals surface area contributed by atoms with Crippen molar-refractivity contribution in [1.82, 2.24) is 15.6 Å². The van der Waals surface area contributed by atoms with Crippen LogP contribution in [-0.2, 0) is 25.6 Å². The molecule has 3 aromatic rings. The number of amides is 3. The first-order chi connectivity index (χ1) is 18.6. The van der Waals surface area contributed by atoms with Crippen LogP contribution in [0, 0.1) is 0 Å². The van der Waals surface area contributed by atoms with E-state index in [-0.39, 0.29) is 6.42 Å². The number of aromatic nitrogens is 1. The number of nitrogens with one attached hydrogen (secondary N) is 3. The van der Waals surface area contributed by atoms with Crippen LogP contribution in [0.3, 0.4) is 0 Å². The molecule has 13 heteroatoms. The molecule has 1 unspecified atom stereocenters. The van der Waals surface area contributed by atoms with E-state index >= 15 is 0 Å². The zero-order valence-corrected chi connectivity index (χ0v) is 22.8. The molecule has 4 atom stereocenters. The fraction of sp³-hybridized carbons (Fsp3) is 0.308. The quantitative estimate of drug-likeness (QED) is 0.246. The van der Waals surface area contributed by atoms with Crippen molar-refractivity contribution in [3.05, 3.63) is 59.1 Å². The number of nitrogens with two attached hydrogens (primary N) is 1. The summed E-state index contributed by atoms with van der Waals surface area (Å²) in [5, 5.41) is 18.5. The number of anilines is 1. The summed E-state index contributed by atoms with van der Waals surface area (Å²) in [6.07, 6.45) is 0.237. The summed E-state index contributed by atoms with van der Waals surface area (Å²) in [6, 6.07) is 11.2. The van der Waals surface area contributed by atoms with Crippen LogP contribution in [0.1, 0.15) is 24.4 Å². The van der Waals surface area contributed by atoms with Gasteiger partial charge in [0.2, 0.25) is 17.7 Å². The van der Waals surface area contributed by atoms with Crippen LogP contribution in [-0.4, -0.2) is 68.7 Å². The molecular formula is C26H28N6O5S2. The maximum Gasteiger partial charge on any atom is 0.329 e. The maximum atomic E-state index is 13.3. The zero-order chi connectivity index (χ0) is 28.1. The van der Waals surface area contributed by atoms with E-state index in [2.05, 4.69) is 25.9 Å². The van der Waals surface area contributed by atoms with Crippen LogP contribution in [0.15, 0.2) is 53.5 Å². The largest absolute Gasteiger partial charge is 0.480 e. The number of carbonyl (C=O) groups excluding carboxylic acids is 3. The molecular weight excluding hydrogens is 540 g/mol. The van der Waals surface area contributed by atoms with Gasteiger partial charge in [0.15, 0.2) is 6.04 Å². The number of thioether (sulfide) groups is 1. The predicted octanol–water partition coefficient (Wildman–Crippen LogP) is 1.76. The number of fused-ring (bicyclic) bond motifs is 1. The summed E-state index contributed by atoms with van der Waals surface area (Å²) < 4.78 is 0.792. The third kappa shape index (κ3) is 7.19. The normalized spacial score (nSPS) is 17.1. The van der Waals surface area contributed by atoms with Crippen molar-refractivity contribution >= 4 is 67.7 Å². The Labute approximate surface area is 232 Å². The molecule has 0 saturated heterocycles. The van der Waals surface area contributed by atoms with E-state index in [1.807, 2.05) is 30.3 Å². The highest BCUT2D eigenvalue weighted by Crippen LogP contribution is 2.31. The Morgan fingerprint density at radius 1 is 1.05 bits per heavy atom. The number of aliphatic carboxylic acids is 1. The van der Waals surface area contributed by atoms with Crippen molar-refractivity contribution in [3.63, 3.8) is 0 Å². The lowest BCUT2D eigenvalue weighted by Gasteiger charge is -2.22. The monoisotopic (exact) mass is 568 g/mol. The summed E-state index contributed by atoms with van der Waals surface area (Å²) in [6.45, 7) is 3.04. The molecule has 0 spiro atoms. The summed E-state index contributed by atoms with van der Waals surface area (Å²) >= 11 is 2.71. The van der Waals surface area contributed by atoms with E-state index in [1.165, 1.54) is 36.9 Å². The topological polar surface area (TPSA) is 176 Å². The number of carboxylic acid groups (broad SMARTS) is 1. The van der Waals surface area contributed by atoms with Gasteiger partial charge in [-0.3, -0.25) is 19.4 Å². The van der Waals surface area contributed by atoms with E-state index in [9.17, 15) is 24.3 Å². The number of aliphatic imine (C=N–C) groups is 1. The molecule has 1 aliphatic heterocycles. The molecule has 4 rings (SSSR count). The van der Waals surface area contributed by atoms with Crippen molar-refractivity contribution in [2.75, 3.05) is 11.1 Å². The van der Waals surface area contributed by atoms with Crippen LogP contribution in [0.25, 0.3) is 10.2 Å². The average molecular weight is 569 g/mol. The number of carbonyl (C=O) groups is 4. The Morgan fingerprint density at radius 3 is 2.46 bits per heavy atom. The lowest BCUT2D eigenvalue weighted by atomic mass is 10.0. The predicted molar refractivity (Wildman–Crippen MR) is 152 cm³/mol. The second-order valence-corrected chi connectivity index (χ2v) is 11.1. The van der Waals surface area contributed by atoms with E-state index in [1.54, 1.807) is 18.2 Å². The average Bonchev–Trinajstić information content (AvgIpc) is 3.56. The highest BCUT2D eigenvalue weighted by molar-refractivity contribution is 8.15. The van der Waals surface area contributed by atoms with Crippen molar-refractivity contribution in [2.45, 2.75) is 44.4 Å². The second-order valence-electron chi connectivity index (χ2n) is 9.06. The van der Waals surface area contributed by atoms with Gasteiger partial charge in [-0.1, -0.05) is 30.3 Å². The first kappa shape index (κ1) is 28.2. The molecule has 2 heterocycles. The van der Waals surface area contributed by atoms with Gasteiger partial charge < -0.3 is 26.8 Å². The van der Waals surface area contributed by atoms with E-state index in [4.69, 9.17) is 5.73 Å². The Hall–Kier alpha value is -3.81. The van der Waals surface area contributed by atoms with Crippen molar-refractivity contribution in [2.24, 2.45) is 10.7 Å². The minimum absolute atomic E-state index is 0.237. The third-order valence-electron chi connectivity index (χ3n) is 5.86. The van der Waals surface area contributed by atoms with Crippen LogP contribution >= 0.6 is 23.1 Å². The number of hydrogen-bond donors (Lipinski definition) is 5. The molecule has 39 heavy (non-hydrogen) atoms. The van der Waals surface area contributed by atoms with Crippen LogP contribution < -0.4 is 21.7 Å². The fourth-order valence-corrected chi connectivity index (χ4v) is 5.81. The number of hydrogen-bond acceptors (Lipinski definition) is 9. The van der Waals surface area contributed by atoms with Gasteiger partial charge in [0.1, 0.15) is 22.1 Å². The third-order valence-corrected chi connectivity index (χ3v) is 8.06. The number of nitrogens with zero attached hydrogens (tertiary/aromatic N) is 2. The first-order valence-corrected chi connectivity index (χ1v) is 14.0. The highest BCUT2D eigenvalue weighted by Gasteiger charge is 2.28. The molecule has 11 nitrogen and oxygen atoms in total. The molecule has 0 saturated carbocycles. The summed E-state index contributed by atoms with van der Waals surface area (Å²) in [4.78, 5) is 58.1. The van der Waals surface area contributed by atoms with E-state index in [0.717, 1.165) is 10.3 Å². The van der Waals surface area contributed by atoms with Gasteiger partial charge in [0.05, 0.1) is 16.3 Å². The number of benzene rings is 2. The zero-order valence-electron chi connectivity index (χ0n) is 21.2. The molecule has 0 bridgehead atoms. The molecule has 1 aliphatic rings. The first-order valence-electron chi connectivity index (χ1n) is 12.2. The summed E-state index contributed by atoms with van der Waals surface area (Å²) in [5.41, 5.74) is 7.63. The van der Waals surface area contributed by atoms with Gasteiger partial charge in [-0.2, -0.15) is 0 Å². The molecule has 0 radical (unpaired) electrons. The lowest BCUT2D eigenvalue weighted by Crippen LogP contribution is -2.54. The van der Waals surface area contributed by atoms with Gasteiger partial charge in [-0.15, -0.1) is 23.1 Å². The van der Waals surface area contributed by atoms with Crippen LogP contribution in [0.5, 0.6) is 0 Å². The standard InChI is InChI=1S/C26H28N6O5S2/c1-13(27)21(33)28-14(2)22(34)30-18(10-15-6-4-3-5-7-15)23(35)29-16-8-9-17-20(11-16)39-25(31-17)24-32-19(12-38-24)26(36)37/h3-9,11,13-14,18-19H,10,12,27H2,1-2H3,(H,28,33)(H,29,35)(H,30,34)(H,36,37)/t13-,14-,18-,19?/m0/s1. The summed E-state index contributed by atoms with van der Waals surface area (Å²) in [7, 11) is 0. The Balaban J connectivity index is 1.50. The number of carboxylic acids is 1.